The number of aromatic nitrogens is 1. The maximum absolute atomic E-state index is 4.39. The lowest BCUT2D eigenvalue weighted by Gasteiger charge is -2.23. The number of anilines is 1. The minimum Gasteiger partial charge on any atom is -0.370 e. The van der Waals surface area contributed by atoms with Crippen molar-refractivity contribution in [1.82, 2.24) is 9.88 Å². The van der Waals surface area contributed by atoms with Crippen molar-refractivity contribution in [3.05, 3.63) is 59.4 Å². The summed E-state index contributed by atoms with van der Waals surface area (Å²) in [5.41, 5.74) is 5.16. The summed E-state index contributed by atoms with van der Waals surface area (Å²) in [5.74, 6) is 0. The molecule has 1 aliphatic heterocycles. The quantitative estimate of drug-likeness (QED) is 0.833. The topological polar surface area (TPSA) is 19.4 Å². The first-order valence-electron chi connectivity index (χ1n) is 9.16. The van der Waals surface area contributed by atoms with Gasteiger partial charge in [0.05, 0.1) is 0 Å². The Kier molecular flexibility index (Phi) is 5.86. The number of hydrogen-bond acceptors (Lipinski definition) is 3. The van der Waals surface area contributed by atoms with E-state index in [1.54, 1.807) is 0 Å². The average molecular weight is 323 g/mol. The van der Waals surface area contributed by atoms with Crippen LogP contribution in [0.2, 0.25) is 0 Å². The van der Waals surface area contributed by atoms with Crippen LogP contribution in [0.5, 0.6) is 0 Å². The van der Waals surface area contributed by atoms with Gasteiger partial charge in [-0.05, 0) is 70.0 Å². The summed E-state index contributed by atoms with van der Waals surface area (Å²) in [4.78, 5) is 9.54. The molecule has 3 nitrogen and oxygen atoms in total. The van der Waals surface area contributed by atoms with E-state index in [0.717, 1.165) is 18.7 Å². The zero-order valence-corrected chi connectivity index (χ0v) is 15.0. The molecule has 2 heterocycles. The predicted molar refractivity (Wildman–Crippen MR) is 102 cm³/mol. The number of benzene rings is 1. The van der Waals surface area contributed by atoms with E-state index in [-0.39, 0.29) is 0 Å². The average Bonchev–Trinajstić information content (AvgIpc) is 2.83. The molecular formula is C21H29N3. The highest BCUT2D eigenvalue weighted by Crippen LogP contribution is 2.17. The Morgan fingerprint density at radius 3 is 2.50 bits per heavy atom. The van der Waals surface area contributed by atoms with E-state index >= 15 is 0 Å². The molecule has 0 radical (unpaired) electrons. The van der Waals surface area contributed by atoms with Crippen molar-refractivity contribution in [2.75, 3.05) is 37.6 Å². The number of pyridine rings is 1. The first-order valence-corrected chi connectivity index (χ1v) is 9.16. The van der Waals surface area contributed by atoms with Crippen molar-refractivity contribution < 1.29 is 0 Å². The van der Waals surface area contributed by atoms with Gasteiger partial charge in [0.1, 0.15) is 0 Å². The van der Waals surface area contributed by atoms with Crippen molar-refractivity contribution in [2.24, 2.45) is 0 Å². The van der Waals surface area contributed by atoms with Crippen molar-refractivity contribution in [2.45, 2.75) is 33.1 Å². The molecule has 1 aromatic carbocycles. The molecule has 1 fully saturated rings. The van der Waals surface area contributed by atoms with Crippen LogP contribution in [-0.4, -0.2) is 42.6 Å². The van der Waals surface area contributed by atoms with Gasteiger partial charge in [0, 0.05) is 37.2 Å². The lowest BCUT2D eigenvalue weighted by atomic mass is 10.1. The highest BCUT2D eigenvalue weighted by Gasteiger charge is 2.14. The maximum Gasteiger partial charge on any atom is 0.0372 e. The van der Waals surface area contributed by atoms with Gasteiger partial charge in [-0.15, -0.1) is 0 Å². The molecule has 0 spiro atoms. The van der Waals surface area contributed by atoms with Crippen LogP contribution in [0.4, 0.5) is 5.69 Å². The van der Waals surface area contributed by atoms with Gasteiger partial charge in [-0.2, -0.15) is 0 Å². The monoisotopic (exact) mass is 323 g/mol. The number of nitrogens with zero attached hydrogens (tertiary/aromatic N) is 3. The Morgan fingerprint density at radius 2 is 1.75 bits per heavy atom. The van der Waals surface area contributed by atoms with E-state index in [1.807, 2.05) is 13.1 Å². The molecule has 0 unspecified atom stereocenters. The summed E-state index contributed by atoms with van der Waals surface area (Å²) in [6.07, 6.45) is 5.62. The standard InChI is InChI=1S/C21H29N3/c1-18-6-10-21(11-7-18)24-14-4-13-23(15-16-24)12-3-5-20-9-8-19(2)22-17-20/h6-11,17H,3-5,12-16H2,1-2H3. The number of hydrogen-bond donors (Lipinski definition) is 0. The van der Waals surface area contributed by atoms with Crippen LogP contribution in [0.1, 0.15) is 29.7 Å². The van der Waals surface area contributed by atoms with Gasteiger partial charge in [0.2, 0.25) is 0 Å². The zero-order chi connectivity index (χ0) is 16.8. The Bertz CT molecular complexity index is 619. The normalized spacial score (nSPS) is 16.2. The molecule has 0 aliphatic carbocycles. The smallest absolute Gasteiger partial charge is 0.0372 e. The fourth-order valence-corrected chi connectivity index (χ4v) is 3.36. The van der Waals surface area contributed by atoms with Crippen LogP contribution in [0.25, 0.3) is 0 Å². The molecule has 3 heteroatoms. The molecule has 24 heavy (non-hydrogen) atoms. The Morgan fingerprint density at radius 1 is 0.917 bits per heavy atom. The summed E-state index contributed by atoms with van der Waals surface area (Å²) in [5, 5.41) is 0. The highest BCUT2D eigenvalue weighted by molar-refractivity contribution is 5.47. The van der Waals surface area contributed by atoms with Crippen molar-refractivity contribution in [3.8, 4) is 0 Å². The zero-order valence-electron chi connectivity index (χ0n) is 15.0. The van der Waals surface area contributed by atoms with Gasteiger partial charge in [-0.3, -0.25) is 4.98 Å². The summed E-state index contributed by atoms with van der Waals surface area (Å²) < 4.78 is 0. The molecule has 1 aromatic heterocycles. The largest absolute Gasteiger partial charge is 0.370 e. The van der Waals surface area contributed by atoms with Gasteiger partial charge in [0.15, 0.2) is 0 Å². The predicted octanol–water partition coefficient (Wildman–Crippen LogP) is 3.84. The third kappa shape index (κ3) is 4.81. The van der Waals surface area contributed by atoms with E-state index in [4.69, 9.17) is 0 Å². The van der Waals surface area contributed by atoms with Crippen LogP contribution in [-0.2, 0) is 6.42 Å². The Labute approximate surface area is 146 Å². The third-order valence-electron chi connectivity index (χ3n) is 4.90. The summed E-state index contributed by atoms with van der Waals surface area (Å²) in [7, 11) is 0. The second-order valence-electron chi connectivity index (χ2n) is 6.93. The number of rotatable bonds is 5. The molecule has 0 N–H and O–H groups in total. The fraction of sp³-hybridized carbons (Fsp3) is 0.476. The molecule has 0 saturated carbocycles. The van der Waals surface area contributed by atoms with Gasteiger partial charge >= 0.3 is 0 Å². The van der Waals surface area contributed by atoms with E-state index in [9.17, 15) is 0 Å². The molecule has 0 atom stereocenters. The third-order valence-corrected chi connectivity index (χ3v) is 4.90. The Balaban J connectivity index is 1.45. The highest BCUT2D eigenvalue weighted by atomic mass is 15.2. The van der Waals surface area contributed by atoms with Crippen molar-refractivity contribution in [3.63, 3.8) is 0 Å². The summed E-state index contributed by atoms with van der Waals surface area (Å²) >= 11 is 0. The first kappa shape index (κ1) is 17.0. The lowest BCUT2D eigenvalue weighted by molar-refractivity contribution is 0.290. The first-order chi connectivity index (χ1) is 11.7. The van der Waals surface area contributed by atoms with Crippen LogP contribution in [0.3, 0.4) is 0 Å². The van der Waals surface area contributed by atoms with Gasteiger partial charge in [0.25, 0.3) is 0 Å². The lowest BCUT2D eigenvalue weighted by Crippen LogP contribution is -2.31. The van der Waals surface area contributed by atoms with Crippen molar-refractivity contribution in [1.29, 1.82) is 0 Å². The van der Waals surface area contributed by atoms with E-state index in [2.05, 4.69) is 58.1 Å². The molecule has 128 valence electrons. The molecule has 3 rings (SSSR count). The van der Waals surface area contributed by atoms with Gasteiger partial charge < -0.3 is 9.80 Å². The van der Waals surface area contributed by atoms with E-state index < -0.39 is 0 Å². The molecule has 1 saturated heterocycles. The molecule has 0 amide bonds. The second-order valence-corrected chi connectivity index (χ2v) is 6.93. The maximum atomic E-state index is 4.39. The minimum absolute atomic E-state index is 1.10. The van der Waals surface area contributed by atoms with Crippen LogP contribution >= 0.6 is 0 Å². The SMILES string of the molecule is Cc1ccc(N2CCCN(CCCc3ccc(C)nc3)CC2)cc1. The minimum atomic E-state index is 1.10. The fourth-order valence-electron chi connectivity index (χ4n) is 3.36. The molecular weight excluding hydrogens is 294 g/mol. The van der Waals surface area contributed by atoms with Crippen molar-refractivity contribution >= 4 is 5.69 Å². The molecule has 1 aliphatic rings. The summed E-state index contributed by atoms with van der Waals surface area (Å²) in [6.45, 7) is 10.1. The molecule has 0 bridgehead atoms. The van der Waals surface area contributed by atoms with Crippen LogP contribution in [0.15, 0.2) is 42.6 Å². The van der Waals surface area contributed by atoms with E-state index in [1.165, 1.54) is 55.8 Å². The van der Waals surface area contributed by atoms with Gasteiger partial charge in [-0.1, -0.05) is 23.8 Å². The number of aryl methyl sites for hydroxylation is 3. The van der Waals surface area contributed by atoms with Gasteiger partial charge in [-0.25, -0.2) is 0 Å². The second kappa shape index (κ2) is 8.29. The van der Waals surface area contributed by atoms with Crippen LogP contribution in [0, 0.1) is 13.8 Å². The van der Waals surface area contributed by atoms with Crippen LogP contribution < -0.4 is 4.90 Å². The summed E-state index contributed by atoms with van der Waals surface area (Å²) in [6, 6.07) is 13.3. The van der Waals surface area contributed by atoms with E-state index in [0.29, 0.717) is 0 Å². The molecule has 2 aromatic rings. The Hall–Kier alpha value is -1.87.